The molecule has 0 heterocycles. The second kappa shape index (κ2) is 21.7. The first-order valence-electron chi connectivity index (χ1n) is 9.12. The molecule has 0 fully saturated rings. The van der Waals surface area contributed by atoms with Crippen LogP contribution in [0.15, 0.2) is 0 Å². The maximum Gasteiger partial charge on any atom is -0.00773 e. The summed E-state index contributed by atoms with van der Waals surface area (Å²) in [7, 11) is 0. The Labute approximate surface area is 132 Å². The normalized spacial score (nSPS) is 10.5. The van der Waals surface area contributed by atoms with E-state index in [1.165, 1.54) is 103 Å². The Hall–Kier alpha value is 0.390. The van der Waals surface area contributed by atoms with Gasteiger partial charge in [0.15, 0.2) is 0 Å². The van der Waals surface area contributed by atoms with Crippen molar-refractivity contribution in [2.75, 3.05) is 6.54 Å². The number of hydrogen-bond acceptors (Lipinski definition) is 1. The van der Waals surface area contributed by atoms with Crippen LogP contribution in [0.5, 0.6) is 0 Å². The van der Waals surface area contributed by atoms with Gasteiger partial charge in [-0.15, -0.1) is 0 Å². The summed E-state index contributed by atoms with van der Waals surface area (Å²) in [4.78, 5) is 0. The van der Waals surface area contributed by atoms with Gasteiger partial charge in [-0.3, -0.25) is 0 Å². The van der Waals surface area contributed by atoms with Gasteiger partial charge in [0.1, 0.15) is 0 Å². The first-order valence-corrected chi connectivity index (χ1v) is 9.12. The van der Waals surface area contributed by atoms with Gasteiger partial charge in [0.25, 0.3) is 0 Å². The van der Waals surface area contributed by atoms with Gasteiger partial charge in [-0.1, -0.05) is 103 Å². The summed E-state index contributed by atoms with van der Waals surface area (Å²) in [6, 6.07) is 0. The fourth-order valence-electron chi connectivity index (χ4n) is 2.69. The Kier molecular flexibility index (Phi) is 24.6. The predicted octanol–water partition coefficient (Wildman–Crippen LogP) is 6.26. The molecule has 0 radical (unpaired) electrons. The highest BCUT2D eigenvalue weighted by Gasteiger charge is 1.94. The first-order chi connectivity index (χ1) is 9.41. The van der Waals surface area contributed by atoms with E-state index in [-0.39, 0.29) is 9.90 Å². The predicted molar refractivity (Wildman–Crippen MR) is 99.7 cm³/mol. The van der Waals surface area contributed by atoms with Crippen LogP contribution in [0.2, 0.25) is 0 Å². The number of rotatable bonds is 16. The zero-order chi connectivity index (χ0) is 14.0. The van der Waals surface area contributed by atoms with Crippen LogP contribution in [-0.2, 0) is 0 Å². The second-order valence-electron chi connectivity index (χ2n) is 6.09. The summed E-state index contributed by atoms with van der Waals surface area (Å²) >= 11 is 0. The highest BCUT2D eigenvalue weighted by atomic mass is 31.0. The molecular weight excluding hydrogens is 261 g/mol. The van der Waals surface area contributed by atoms with Gasteiger partial charge in [-0.2, -0.15) is 9.90 Å². The van der Waals surface area contributed by atoms with Gasteiger partial charge in [0.2, 0.25) is 0 Å². The Morgan fingerprint density at radius 1 is 0.450 bits per heavy atom. The molecule has 0 amide bonds. The molecule has 0 aromatic carbocycles. The van der Waals surface area contributed by atoms with Crippen molar-refractivity contribution in [2.45, 2.75) is 110 Å². The summed E-state index contributed by atoms with van der Waals surface area (Å²) in [6.45, 7) is 3.16. The van der Waals surface area contributed by atoms with Crippen LogP contribution in [-0.4, -0.2) is 6.54 Å². The molecule has 0 aliphatic carbocycles. The fourth-order valence-corrected chi connectivity index (χ4v) is 2.69. The first kappa shape index (κ1) is 22.7. The van der Waals surface area contributed by atoms with E-state index in [1.807, 2.05) is 0 Å². The molecule has 20 heavy (non-hydrogen) atoms. The summed E-state index contributed by atoms with van der Waals surface area (Å²) in [5, 5.41) is 0. The molecule has 0 saturated heterocycles. The summed E-state index contributed by atoms with van der Waals surface area (Å²) < 4.78 is 0. The molecule has 0 aliphatic heterocycles. The zero-order valence-electron chi connectivity index (χ0n) is 14.3. The van der Waals surface area contributed by atoms with Gasteiger partial charge in [0.05, 0.1) is 0 Å². The molecule has 0 bridgehead atoms. The summed E-state index contributed by atoms with van der Waals surface area (Å²) in [5.74, 6) is 0. The zero-order valence-corrected chi connectivity index (χ0v) is 15.7. The number of nitrogens with two attached hydrogens (primary N) is 1. The molecule has 0 aromatic heterocycles. The van der Waals surface area contributed by atoms with Crippen molar-refractivity contribution >= 4 is 9.90 Å². The smallest absolute Gasteiger partial charge is 0.00773 e. The van der Waals surface area contributed by atoms with Crippen molar-refractivity contribution in [1.82, 2.24) is 0 Å². The van der Waals surface area contributed by atoms with Gasteiger partial charge in [-0.25, -0.2) is 0 Å². The summed E-state index contributed by atoms with van der Waals surface area (Å²) in [5.41, 5.74) is 5.48. The van der Waals surface area contributed by atoms with E-state index in [2.05, 4.69) is 6.92 Å². The van der Waals surface area contributed by atoms with Crippen LogP contribution < -0.4 is 5.73 Å². The molecule has 1 atom stereocenters. The number of hydrogen-bond donors (Lipinski definition) is 1. The standard InChI is InChI=1S/C18H39N.H3P/c1-2-3-4-5-6-7-8-9-10-11-12-13-14-15-16-17-18-19;/h2-19H2,1H3;1H3. The van der Waals surface area contributed by atoms with Crippen molar-refractivity contribution in [1.29, 1.82) is 0 Å². The van der Waals surface area contributed by atoms with Crippen molar-refractivity contribution in [3.05, 3.63) is 0 Å². The molecule has 0 rings (SSSR count). The Morgan fingerprint density at radius 2 is 0.700 bits per heavy atom. The van der Waals surface area contributed by atoms with Crippen LogP contribution in [0.1, 0.15) is 110 Å². The van der Waals surface area contributed by atoms with Crippen molar-refractivity contribution < 1.29 is 0 Å². The Balaban J connectivity index is 0. The molecular formula is C18H42NP. The van der Waals surface area contributed by atoms with Crippen molar-refractivity contribution in [3.8, 4) is 0 Å². The molecule has 0 aromatic rings. The van der Waals surface area contributed by atoms with E-state index in [0.717, 1.165) is 6.54 Å². The lowest BCUT2D eigenvalue weighted by Crippen LogP contribution is -1.97. The minimum Gasteiger partial charge on any atom is -0.330 e. The van der Waals surface area contributed by atoms with E-state index in [4.69, 9.17) is 5.73 Å². The molecule has 2 N–H and O–H groups in total. The van der Waals surface area contributed by atoms with Crippen LogP contribution in [0.4, 0.5) is 0 Å². The average molecular weight is 304 g/mol. The third kappa shape index (κ3) is 20.7. The van der Waals surface area contributed by atoms with E-state index in [1.54, 1.807) is 0 Å². The second-order valence-corrected chi connectivity index (χ2v) is 6.09. The monoisotopic (exact) mass is 303 g/mol. The SMILES string of the molecule is CCCCCCCCCCCCCCCCCCN.P. The lowest BCUT2D eigenvalue weighted by Gasteiger charge is -2.03. The van der Waals surface area contributed by atoms with Gasteiger partial charge < -0.3 is 5.73 Å². The van der Waals surface area contributed by atoms with E-state index < -0.39 is 0 Å². The van der Waals surface area contributed by atoms with Crippen LogP contribution in [0.3, 0.4) is 0 Å². The highest BCUT2D eigenvalue weighted by molar-refractivity contribution is 6.92. The molecule has 0 saturated carbocycles. The molecule has 0 aliphatic rings. The third-order valence-electron chi connectivity index (χ3n) is 4.06. The van der Waals surface area contributed by atoms with Gasteiger partial charge >= 0.3 is 0 Å². The molecule has 2 heteroatoms. The van der Waals surface area contributed by atoms with Crippen molar-refractivity contribution in [3.63, 3.8) is 0 Å². The van der Waals surface area contributed by atoms with E-state index >= 15 is 0 Å². The van der Waals surface area contributed by atoms with E-state index in [0.29, 0.717) is 0 Å². The summed E-state index contributed by atoms with van der Waals surface area (Å²) in [6.07, 6.45) is 22.9. The average Bonchev–Trinajstić information content (AvgIpc) is 2.43. The molecule has 1 unspecified atom stereocenters. The molecule has 0 spiro atoms. The Bertz CT molecular complexity index is 134. The third-order valence-corrected chi connectivity index (χ3v) is 4.06. The quantitative estimate of drug-likeness (QED) is 0.264. The maximum absolute atomic E-state index is 5.48. The fraction of sp³-hybridized carbons (Fsp3) is 1.00. The lowest BCUT2D eigenvalue weighted by atomic mass is 10.0. The largest absolute Gasteiger partial charge is 0.330 e. The molecule has 1 nitrogen and oxygen atoms in total. The van der Waals surface area contributed by atoms with Gasteiger partial charge in [0, 0.05) is 0 Å². The number of unbranched alkanes of at least 4 members (excludes halogenated alkanes) is 15. The highest BCUT2D eigenvalue weighted by Crippen LogP contribution is 2.13. The minimum atomic E-state index is 0. The topological polar surface area (TPSA) is 26.0 Å². The van der Waals surface area contributed by atoms with Crippen LogP contribution in [0, 0.1) is 0 Å². The van der Waals surface area contributed by atoms with Crippen LogP contribution in [0.25, 0.3) is 0 Å². The van der Waals surface area contributed by atoms with Gasteiger partial charge in [-0.05, 0) is 13.0 Å². The van der Waals surface area contributed by atoms with Crippen LogP contribution >= 0.6 is 9.90 Å². The van der Waals surface area contributed by atoms with E-state index in [9.17, 15) is 0 Å². The minimum absolute atomic E-state index is 0. The molecule has 124 valence electrons. The lowest BCUT2D eigenvalue weighted by molar-refractivity contribution is 0.530. The maximum atomic E-state index is 5.48. The van der Waals surface area contributed by atoms with Crippen molar-refractivity contribution in [2.24, 2.45) is 5.73 Å². The Morgan fingerprint density at radius 3 is 0.950 bits per heavy atom.